The molecule has 1 aromatic carbocycles. The van der Waals surface area contributed by atoms with Crippen LogP contribution in [0.3, 0.4) is 0 Å². The number of nitriles is 1. The van der Waals surface area contributed by atoms with Crippen molar-refractivity contribution in [3.05, 3.63) is 53.5 Å². The quantitative estimate of drug-likeness (QED) is 0.318. The van der Waals surface area contributed by atoms with Gasteiger partial charge in [0.25, 0.3) is 0 Å². The first-order valence-electron chi connectivity index (χ1n) is 12.6. The molecule has 0 atom stereocenters. The van der Waals surface area contributed by atoms with E-state index in [4.69, 9.17) is 9.47 Å². The molecule has 0 radical (unpaired) electrons. The van der Waals surface area contributed by atoms with E-state index in [1.165, 1.54) is 13.1 Å². The summed E-state index contributed by atoms with van der Waals surface area (Å²) in [4.78, 5) is 20.1. The Labute approximate surface area is 227 Å². The standard InChI is InChI=1S/C27H26F3N7O3/c1-16(38)11-18-12-19(5-8-32-18)40-22-4-3-21-25(20(22)14-31)36(2)26(33-21)34-24-13-23(27(28,29)30)37(35-24)15-17-6-9-39-10-7-17/h3-5,8,12-13,17H,6-7,9-11,15H2,1-2H3,(H,33,34,35). The Bertz CT molecular complexity index is 1600. The maximum absolute atomic E-state index is 13.8. The second-order valence-electron chi connectivity index (χ2n) is 9.65. The predicted molar refractivity (Wildman–Crippen MR) is 138 cm³/mol. The Morgan fingerprint density at radius 3 is 2.73 bits per heavy atom. The van der Waals surface area contributed by atoms with E-state index < -0.39 is 11.9 Å². The van der Waals surface area contributed by atoms with Crippen molar-refractivity contribution in [3.63, 3.8) is 0 Å². The summed E-state index contributed by atoms with van der Waals surface area (Å²) in [6, 6.07) is 9.58. The second-order valence-corrected chi connectivity index (χ2v) is 9.65. The monoisotopic (exact) mass is 553 g/mol. The van der Waals surface area contributed by atoms with E-state index in [-0.39, 0.29) is 47.7 Å². The molecular weight excluding hydrogens is 527 g/mol. The van der Waals surface area contributed by atoms with Gasteiger partial charge in [0.2, 0.25) is 5.95 Å². The summed E-state index contributed by atoms with van der Waals surface area (Å²) in [5, 5.41) is 17.1. The van der Waals surface area contributed by atoms with E-state index in [9.17, 15) is 23.2 Å². The fraction of sp³-hybridized carbons (Fsp3) is 0.370. The van der Waals surface area contributed by atoms with Crippen molar-refractivity contribution < 1.29 is 27.4 Å². The van der Waals surface area contributed by atoms with E-state index >= 15 is 0 Å². The molecule has 10 nitrogen and oxygen atoms in total. The second kappa shape index (κ2) is 11.0. The van der Waals surface area contributed by atoms with Gasteiger partial charge in [-0.3, -0.25) is 14.5 Å². The van der Waals surface area contributed by atoms with Crippen LogP contribution in [0.15, 0.2) is 36.5 Å². The molecule has 1 aliphatic heterocycles. The number of pyridine rings is 1. The van der Waals surface area contributed by atoms with Crippen molar-refractivity contribution in [2.45, 2.75) is 38.9 Å². The van der Waals surface area contributed by atoms with Gasteiger partial charge < -0.3 is 19.4 Å². The van der Waals surface area contributed by atoms with Gasteiger partial charge in [0, 0.05) is 51.6 Å². The zero-order valence-electron chi connectivity index (χ0n) is 21.8. The van der Waals surface area contributed by atoms with Gasteiger partial charge in [0.05, 0.1) is 16.7 Å². The first kappa shape index (κ1) is 27.1. The number of carbonyl (C=O) groups excluding carboxylic acids is 1. The topological polar surface area (TPSA) is 120 Å². The summed E-state index contributed by atoms with van der Waals surface area (Å²) in [7, 11) is 1.64. The molecule has 1 aliphatic rings. The number of anilines is 2. The number of carbonyl (C=O) groups is 1. The molecule has 40 heavy (non-hydrogen) atoms. The highest BCUT2D eigenvalue weighted by Gasteiger charge is 2.36. The van der Waals surface area contributed by atoms with Crippen LogP contribution in [0.4, 0.5) is 24.9 Å². The van der Waals surface area contributed by atoms with Crippen LogP contribution < -0.4 is 10.1 Å². The molecule has 4 aromatic rings. The van der Waals surface area contributed by atoms with Gasteiger partial charge in [-0.2, -0.15) is 23.5 Å². The molecule has 1 fully saturated rings. The fourth-order valence-corrected chi connectivity index (χ4v) is 4.72. The summed E-state index contributed by atoms with van der Waals surface area (Å²) in [6.45, 7) is 2.63. The number of nitrogens with one attached hydrogen (secondary N) is 1. The van der Waals surface area contributed by atoms with Crippen molar-refractivity contribution in [1.29, 1.82) is 5.26 Å². The lowest BCUT2D eigenvalue weighted by Gasteiger charge is -2.22. The number of rotatable bonds is 8. The Morgan fingerprint density at radius 1 is 1.25 bits per heavy atom. The summed E-state index contributed by atoms with van der Waals surface area (Å²) in [6.07, 6.45) is -1.57. The number of aromatic nitrogens is 5. The van der Waals surface area contributed by atoms with Crippen LogP contribution in [0.1, 0.15) is 36.7 Å². The molecular formula is C27H26F3N7O3. The lowest BCUT2D eigenvalue weighted by atomic mass is 10.0. The third kappa shape index (κ3) is 5.76. The van der Waals surface area contributed by atoms with E-state index in [0.29, 0.717) is 48.5 Å². The van der Waals surface area contributed by atoms with Crippen molar-refractivity contribution in [2.75, 3.05) is 18.5 Å². The summed E-state index contributed by atoms with van der Waals surface area (Å²) in [5.41, 5.74) is 0.740. The Hall–Kier alpha value is -4.44. The molecule has 0 saturated carbocycles. The number of hydrogen-bond donors (Lipinski definition) is 1. The van der Waals surface area contributed by atoms with Gasteiger partial charge in [-0.25, -0.2) is 4.98 Å². The van der Waals surface area contributed by atoms with Crippen LogP contribution in [0.5, 0.6) is 11.5 Å². The van der Waals surface area contributed by atoms with Crippen molar-refractivity contribution in [3.8, 4) is 17.6 Å². The smallest absolute Gasteiger partial charge is 0.433 e. The zero-order chi connectivity index (χ0) is 28.4. The average Bonchev–Trinajstić information content (AvgIpc) is 3.45. The van der Waals surface area contributed by atoms with Crippen molar-refractivity contribution in [2.24, 2.45) is 13.0 Å². The van der Waals surface area contributed by atoms with E-state index in [1.807, 2.05) is 0 Å². The molecule has 0 unspecified atom stereocenters. The number of benzene rings is 1. The van der Waals surface area contributed by atoms with Gasteiger partial charge in [-0.15, -0.1) is 0 Å². The minimum Gasteiger partial charge on any atom is -0.456 e. The number of halogens is 3. The number of nitrogens with zero attached hydrogens (tertiary/aromatic N) is 6. The Morgan fingerprint density at radius 2 is 2.02 bits per heavy atom. The summed E-state index contributed by atoms with van der Waals surface area (Å²) in [5.74, 6) is 0.841. The lowest BCUT2D eigenvalue weighted by molar-refractivity contribution is -0.144. The third-order valence-electron chi connectivity index (χ3n) is 6.64. The fourth-order valence-electron chi connectivity index (χ4n) is 4.72. The normalized spacial score (nSPS) is 14.3. The number of alkyl halides is 3. The highest BCUT2D eigenvalue weighted by Crippen LogP contribution is 2.35. The lowest BCUT2D eigenvalue weighted by Crippen LogP contribution is -2.24. The molecule has 3 aromatic heterocycles. The largest absolute Gasteiger partial charge is 0.456 e. The molecule has 1 saturated heterocycles. The first-order valence-corrected chi connectivity index (χ1v) is 12.6. The van der Waals surface area contributed by atoms with Crippen LogP contribution >= 0.6 is 0 Å². The predicted octanol–water partition coefficient (Wildman–Crippen LogP) is 5.15. The molecule has 5 rings (SSSR count). The Balaban J connectivity index is 1.44. The molecule has 0 bridgehead atoms. The van der Waals surface area contributed by atoms with Gasteiger partial charge in [-0.1, -0.05) is 0 Å². The highest BCUT2D eigenvalue weighted by atomic mass is 19.4. The summed E-state index contributed by atoms with van der Waals surface area (Å²) < 4.78 is 55.3. The maximum Gasteiger partial charge on any atom is 0.433 e. The van der Waals surface area contributed by atoms with E-state index in [0.717, 1.165) is 10.7 Å². The van der Waals surface area contributed by atoms with E-state index in [1.54, 1.807) is 35.9 Å². The van der Waals surface area contributed by atoms with Crippen LogP contribution in [0.25, 0.3) is 11.0 Å². The minimum atomic E-state index is -4.58. The number of imidazole rings is 1. The van der Waals surface area contributed by atoms with Gasteiger partial charge in [0.15, 0.2) is 5.82 Å². The average molecular weight is 554 g/mol. The van der Waals surface area contributed by atoms with Crippen LogP contribution in [0, 0.1) is 17.2 Å². The van der Waals surface area contributed by atoms with Crippen molar-refractivity contribution in [1.82, 2.24) is 24.3 Å². The van der Waals surface area contributed by atoms with Crippen LogP contribution in [0.2, 0.25) is 0 Å². The number of ketones is 1. The highest BCUT2D eigenvalue weighted by molar-refractivity contribution is 5.87. The maximum atomic E-state index is 13.8. The molecule has 0 amide bonds. The number of ether oxygens (including phenoxy) is 2. The van der Waals surface area contributed by atoms with Crippen LogP contribution in [-0.2, 0) is 35.7 Å². The van der Waals surface area contributed by atoms with Gasteiger partial charge >= 0.3 is 6.18 Å². The number of fused-ring (bicyclic) bond motifs is 1. The minimum absolute atomic E-state index is 0.0115. The SMILES string of the molecule is CC(=O)Cc1cc(Oc2ccc3nc(Nc4cc(C(F)(F)F)n(CC5CCOCC5)n4)n(C)c3c2C#N)ccn1. The Kier molecular flexibility index (Phi) is 7.44. The number of hydrogen-bond acceptors (Lipinski definition) is 8. The number of Topliss-reactive ketones (excluding diaryl/α,β-unsaturated/α-hetero) is 1. The van der Waals surface area contributed by atoms with E-state index in [2.05, 4.69) is 26.5 Å². The molecule has 1 N–H and O–H groups in total. The summed E-state index contributed by atoms with van der Waals surface area (Å²) >= 11 is 0. The molecule has 0 spiro atoms. The number of aryl methyl sites for hydroxylation is 1. The molecule has 4 heterocycles. The molecule has 0 aliphatic carbocycles. The first-order chi connectivity index (χ1) is 19.1. The zero-order valence-corrected chi connectivity index (χ0v) is 21.8. The van der Waals surface area contributed by atoms with Gasteiger partial charge in [-0.05, 0) is 43.9 Å². The van der Waals surface area contributed by atoms with Gasteiger partial charge in [0.1, 0.15) is 34.6 Å². The third-order valence-corrected chi connectivity index (χ3v) is 6.64. The van der Waals surface area contributed by atoms with Crippen molar-refractivity contribution >= 4 is 28.6 Å². The van der Waals surface area contributed by atoms with Crippen LogP contribution in [-0.4, -0.2) is 43.3 Å². The molecule has 13 heteroatoms. The molecule has 208 valence electrons.